The lowest BCUT2D eigenvalue weighted by atomic mass is 9.98. The summed E-state index contributed by atoms with van der Waals surface area (Å²) in [6, 6.07) is 32.6. The highest BCUT2D eigenvalue weighted by Crippen LogP contribution is 2.64. The summed E-state index contributed by atoms with van der Waals surface area (Å²) in [7, 11) is 0. The third-order valence-electron chi connectivity index (χ3n) is 26.4. The maximum atomic E-state index is 17.1. The van der Waals surface area contributed by atoms with E-state index in [1.165, 1.54) is 83.1 Å². The van der Waals surface area contributed by atoms with Crippen LogP contribution in [-0.2, 0) is 102 Å². The second-order valence-electron chi connectivity index (χ2n) is 37.3. The first kappa shape index (κ1) is 103. The molecule has 0 unspecified atom stereocenters. The van der Waals surface area contributed by atoms with Crippen molar-refractivity contribution < 1.29 is 81.4 Å². The van der Waals surface area contributed by atoms with Gasteiger partial charge in [-0.15, -0.1) is 0 Å². The monoisotopic (exact) mass is 1940 g/mol. The van der Waals surface area contributed by atoms with Gasteiger partial charge in [-0.2, -0.15) is 0 Å². The van der Waals surface area contributed by atoms with Gasteiger partial charge >= 0.3 is 12.2 Å². The van der Waals surface area contributed by atoms with Gasteiger partial charge in [0.05, 0.1) is 0 Å². The molecule has 0 aliphatic heterocycles. The van der Waals surface area contributed by atoms with E-state index in [1.807, 2.05) is 97.1 Å². The van der Waals surface area contributed by atoms with Crippen molar-refractivity contribution in [3.8, 4) is 22.3 Å². The van der Waals surface area contributed by atoms with Crippen LogP contribution in [0.2, 0.25) is 0 Å². The summed E-state index contributed by atoms with van der Waals surface area (Å²) in [6.45, 7) is 15.3. The number of primary amides is 1. The van der Waals surface area contributed by atoms with Crippen LogP contribution < -0.4 is 69.5 Å². The number of para-hydroxylation sites is 1. The van der Waals surface area contributed by atoms with Crippen molar-refractivity contribution in [1.82, 2.24) is 68.0 Å². The molecule has 12 rings (SSSR count). The number of nitrogens with one attached hydrogen (secondary N) is 11. The highest BCUT2D eigenvalue weighted by atomic mass is 32.4. The Labute approximate surface area is 808 Å². The molecule has 0 bridgehead atoms. The van der Waals surface area contributed by atoms with Crippen LogP contribution >= 0.6 is 12.1 Å². The zero-order chi connectivity index (χ0) is 99.1. The molecule has 0 spiro atoms. The van der Waals surface area contributed by atoms with Crippen LogP contribution in [0.1, 0.15) is 187 Å². The number of aromatic nitrogens is 1. The second kappa shape index (κ2) is 45.1. The number of aromatic amines is 1. The summed E-state index contributed by atoms with van der Waals surface area (Å²) < 4.78 is 13.0. The van der Waals surface area contributed by atoms with Gasteiger partial charge in [0.2, 0.25) is 65.0 Å². The van der Waals surface area contributed by atoms with Crippen molar-refractivity contribution >= 4 is 146 Å². The quantitative estimate of drug-likeness (QED) is 0.0160. The van der Waals surface area contributed by atoms with Crippen LogP contribution in [0.4, 0.5) is 9.59 Å². The fourth-order valence-electron chi connectivity index (χ4n) is 18.6. The van der Waals surface area contributed by atoms with E-state index in [4.69, 9.17) is 38.8 Å². The molecule has 31 nitrogen and oxygen atoms in total. The Morgan fingerprint density at radius 3 is 1.18 bits per heavy atom. The Balaban J connectivity index is 0.931. The first-order valence-electron chi connectivity index (χ1n) is 46.7. The largest absolute Gasteiger partial charge is 0.448 e. The maximum Gasteiger partial charge on any atom is 0.417 e. The van der Waals surface area contributed by atoms with Gasteiger partial charge in [0.15, 0.2) is 0 Å². The zero-order valence-electron chi connectivity index (χ0n) is 79.2. The van der Waals surface area contributed by atoms with Crippen molar-refractivity contribution in [2.24, 2.45) is 5.73 Å². The lowest BCUT2D eigenvalue weighted by Crippen LogP contribution is -2.65. The fourth-order valence-corrected chi connectivity index (χ4v) is 28.9. The minimum absolute atomic E-state index is 0.106. The molecule has 2 saturated carbocycles. The summed E-state index contributed by atoms with van der Waals surface area (Å²) >= 11 is 14.1. The summed E-state index contributed by atoms with van der Waals surface area (Å²) in [5.74, 6) is -13.3. The molecule has 1 aromatic heterocycles. The highest BCUT2D eigenvalue weighted by molar-refractivity contribution is 8.22. The van der Waals surface area contributed by atoms with E-state index in [-0.39, 0.29) is 24.1 Å². The van der Waals surface area contributed by atoms with Gasteiger partial charge < -0.3 is 73.4 Å². The van der Waals surface area contributed by atoms with E-state index in [2.05, 4.69) is 58.2 Å². The summed E-state index contributed by atoms with van der Waals surface area (Å²) in [4.78, 5) is 228. The summed E-state index contributed by atoms with van der Waals surface area (Å²) in [5.41, 5.74) is 9.28. The van der Waals surface area contributed by atoms with E-state index in [9.17, 15) is 33.6 Å². The minimum Gasteiger partial charge on any atom is -0.448 e. The number of imide groups is 2. The molecule has 726 valence electrons. The van der Waals surface area contributed by atoms with Gasteiger partial charge in [-0.05, 0) is 186 Å². The number of H-pyrrole nitrogens is 1. The molecule has 4 aliphatic rings. The van der Waals surface area contributed by atoms with E-state index < -0.39 is 204 Å². The van der Waals surface area contributed by atoms with Crippen molar-refractivity contribution in [2.45, 2.75) is 248 Å². The number of hydrogen-bond acceptors (Lipinski definition) is 19. The number of ether oxygens (including phenoxy) is 2. The molecule has 13 N–H and O–H groups in total. The molecule has 35 heteroatoms. The van der Waals surface area contributed by atoms with Crippen LogP contribution in [0.3, 0.4) is 0 Å². The van der Waals surface area contributed by atoms with Crippen molar-refractivity contribution in [3.63, 3.8) is 0 Å². The standard InChI is InChI=1S/C102H124N14O17P2S2/c1-59(87(103)118)111-97(128)101(9,10)113-91(122)64(6)107-89(120)61(3)108-93(124)85(57-134(136,68-35-17-13-18-36-68)69-37-19-14-20-38-69)115(99(130)132-55-81-77-48-29-25-44-73(77)74-45-26-30-49-78(74)81)95(126)65(7)110-90(121)62(4)109-94(125)86(58-135(137,70-39-21-15-22-40-70)71-41-23-16-24-42-71)116(100(131)133-56-82-79-50-31-27-46-75(79)76-47-28-32-51-80(76)82)96(127)84(53-67-54-104-83-52-34-33-43-72(67)83)112-98(129)102(11,12)114-92(123)63(5)106-88(119)60(2)105-66(8)117/h15-16,21-34,39-52,54,59-65,68-69,81-82,84-86,104H,13-14,17-20,35-38,53,55-58H2,1-12H3,(H2,103,118)(H,105,117)(H,106,119)(H,107,120)(H,108,124)(H,109,125)(H,110,121)(H,111,128)(H,112,129)(H,113,122)(H,114,123)/t59-,60-,61-,62-,63-,64-,65-,84-,85-,86+/m0/s1. The Morgan fingerprint density at radius 1 is 0.409 bits per heavy atom. The van der Waals surface area contributed by atoms with Crippen LogP contribution in [0, 0.1) is 0 Å². The number of hydrogen-bond donors (Lipinski definition) is 12. The molecular weight excluding hydrogens is 1820 g/mol. The van der Waals surface area contributed by atoms with Crippen LogP contribution in [0.25, 0.3) is 33.2 Å². The van der Waals surface area contributed by atoms with Crippen molar-refractivity contribution in [2.75, 3.05) is 25.5 Å². The molecule has 1 heterocycles. The van der Waals surface area contributed by atoms with Crippen molar-refractivity contribution in [3.05, 3.63) is 216 Å². The average Bonchev–Trinajstić information content (AvgIpc) is 0.945. The van der Waals surface area contributed by atoms with Gasteiger partial charge in [0, 0.05) is 60.6 Å². The number of amides is 15. The second-order valence-corrected chi connectivity index (χ2v) is 47.6. The minimum atomic E-state index is -3.59. The highest BCUT2D eigenvalue weighted by Gasteiger charge is 2.50. The van der Waals surface area contributed by atoms with E-state index in [0.717, 1.165) is 83.0 Å². The molecule has 4 aliphatic carbocycles. The molecule has 0 radical (unpaired) electrons. The van der Waals surface area contributed by atoms with Gasteiger partial charge in [0.25, 0.3) is 11.8 Å². The summed E-state index contributed by atoms with van der Waals surface area (Å²) in [5, 5.41) is 28.0. The SMILES string of the molecule is CC(=O)N[C@@H](C)C(=O)N[C@@H](C)C(=O)NC(C)(C)C(=O)N[C@@H](Cc1c[nH]c2ccccc12)C(=O)N(C(=O)OCC1c2ccccc2-c2ccccc21)[C@H](CP(=S)(c1ccccc1)c1ccccc1)C(=O)N[C@@H](C)C(=O)N[C@@H](C)C(=O)N(C(=O)OCC1c2ccccc2-c2ccccc21)[C@@H](CP(=S)(C1CCCCC1)C1CCCCC1)C(=O)N[C@@H](C)C(=O)N[C@@H](C)C(=O)NC(C)(C)C(=O)N[C@@H](C)C(N)=O. The van der Waals surface area contributed by atoms with E-state index in [1.54, 1.807) is 91.1 Å². The number of carbonyl (C=O) groups excluding carboxylic acids is 15. The number of fused-ring (bicyclic) bond motifs is 7. The number of rotatable bonds is 38. The Bertz CT molecular complexity index is 5830. The molecule has 137 heavy (non-hydrogen) atoms. The van der Waals surface area contributed by atoms with Gasteiger partial charge in [-0.3, -0.25) is 62.3 Å². The average molecular weight is 1940 g/mol. The summed E-state index contributed by atoms with van der Waals surface area (Å²) in [6.07, 6.45) is 5.75. The lowest BCUT2D eigenvalue weighted by molar-refractivity contribution is -0.143. The normalized spacial score (nSPS) is 16.1. The van der Waals surface area contributed by atoms with Crippen LogP contribution in [0.5, 0.6) is 0 Å². The number of nitrogens with zero attached hydrogens (tertiary/aromatic N) is 2. The topological polar surface area (TPSA) is 443 Å². The third kappa shape index (κ3) is 24.3. The predicted molar refractivity (Wildman–Crippen MR) is 532 cm³/mol. The fraction of sp³-hybridized carbons (Fsp3) is 0.422. The lowest BCUT2D eigenvalue weighted by Gasteiger charge is -2.44. The van der Waals surface area contributed by atoms with Crippen molar-refractivity contribution in [1.29, 1.82) is 0 Å². The molecule has 8 aromatic rings. The van der Waals surface area contributed by atoms with Crippen LogP contribution in [-0.4, -0.2) is 212 Å². The predicted octanol–water partition coefficient (Wildman–Crippen LogP) is 9.59. The molecular formula is C102H124N14O17P2S2. The maximum absolute atomic E-state index is 17.1. The zero-order valence-corrected chi connectivity index (χ0v) is 82.6. The van der Waals surface area contributed by atoms with Gasteiger partial charge in [-0.1, -0.05) is 238 Å². The molecule has 15 amide bonds. The van der Waals surface area contributed by atoms with Gasteiger partial charge in [0.1, 0.15) is 84.7 Å². The number of carbonyl (C=O) groups is 15. The Hall–Kier alpha value is -12.6. The van der Waals surface area contributed by atoms with E-state index in [0.29, 0.717) is 62.6 Å². The number of benzene rings is 7. The smallest absolute Gasteiger partial charge is 0.417 e. The van der Waals surface area contributed by atoms with E-state index >= 15 is 38.4 Å². The molecule has 2 fully saturated rings. The number of nitrogens with two attached hydrogens (primary N) is 1. The van der Waals surface area contributed by atoms with Gasteiger partial charge in [-0.25, -0.2) is 19.4 Å². The Morgan fingerprint density at radius 2 is 0.759 bits per heavy atom. The first-order chi connectivity index (χ1) is 65.1. The first-order valence-corrected chi connectivity index (χ1v) is 52.8. The molecule has 10 atom stereocenters. The molecule has 0 saturated heterocycles. The Kier molecular flexibility index (Phi) is 34.1. The third-order valence-corrected chi connectivity index (χ3v) is 37.9. The molecule has 7 aromatic carbocycles. The van der Waals surface area contributed by atoms with Crippen LogP contribution in [0.15, 0.2) is 188 Å².